The Kier molecular flexibility index (Phi) is 4.00. The number of hydrogen-bond acceptors (Lipinski definition) is 6. The van der Waals surface area contributed by atoms with E-state index in [2.05, 4.69) is 15.5 Å². The summed E-state index contributed by atoms with van der Waals surface area (Å²) in [6.07, 6.45) is 0.199. The second-order valence-electron chi connectivity index (χ2n) is 4.62. The molecule has 0 radical (unpaired) electrons. The molecule has 0 unspecified atom stereocenters. The van der Waals surface area contributed by atoms with E-state index in [0.717, 1.165) is 0 Å². The van der Waals surface area contributed by atoms with E-state index in [1.807, 2.05) is 0 Å². The fourth-order valence-corrected chi connectivity index (χ4v) is 2.86. The molecular formula is C13H14FN3O2S. The van der Waals surface area contributed by atoms with Crippen LogP contribution in [0.4, 0.5) is 4.39 Å². The van der Waals surface area contributed by atoms with Crippen LogP contribution in [0.2, 0.25) is 0 Å². The molecule has 0 aliphatic carbocycles. The highest BCUT2D eigenvalue weighted by atomic mass is 32.2. The predicted octanol–water partition coefficient (Wildman–Crippen LogP) is 1.90. The van der Waals surface area contributed by atoms with E-state index < -0.39 is 0 Å². The highest BCUT2D eigenvalue weighted by molar-refractivity contribution is 7.98. The maximum absolute atomic E-state index is 13.5. The van der Waals surface area contributed by atoms with Gasteiger partial charge in [-0.05, 0) is 18.6 Å². The van der Waals surface area contributed by atoms with Gasteiger partial charge in [0.25, 0.3) is 0 Å². The summed E-state index contributed by atoms with van der Waals surface area (Å²) < 4.78 is 18.6. The van der Waals surface area contributed by atoms with Crippen LogP contribution in [0.5, 0.6) is 0 Å². The highest BCUT2D eigenvalue weighted by Crippen LogP contribution is 2.26. The molecule has 2 atom stereocenters. The van der Waals surface area contributed by atoms with Gasteiger partial charge in [0.15, 0.2) is 5.82 Å². The minimum absolute atomic E-state index is 0.0929. The van der Waals surface area contributed by atoms with Crippen LogP contribution >= 0.6 is 11.8 Å². The van der Waals surface area contributed by atoms with Crippen LogP contribution in [-0.2, 0) is 5.75 Å². The lowest BCUT2D eigenvalue weighted by molar-refractivity contribution is 0.191. The van der Waals surface area contributed by atoms with Crippen LogP contribution in [0.1, 0.15) is 24.2 Å². The number of aliphatic hydroxyl groups is 1. The van der Waals surface area contributed by atoms with Crippen molar-refractivity contribution in [2.24, 2.45) is 0 Å². The second kappa shape index (κ2) is 5.90. The van der Waals surface area contributed by atoms with Gasteiger partial charge in [-0.15, -0.1) is 11.8 Å². The van der Waals surface area contributed by atoms with Gasteiger partial charge in [-0.2, -0.15) is 4.98 Å². The normalized spacial score (nSPS) is 22.3. The van der Waals surface area contributed by atoms with Crippen molar-refractivity contribution in [1.82, 2.24) is 15.5 Å². The number of rotatable bonds is 4. The zero-order valence-electron chi connectivity index (χ0n) is 10.6. The monoisotopic (exact) mass is 295 g/mol. The molecular weight excluding hydrogens is 281 g/mol. The fourth-order valence-electron chi connectivity index (χ4n) is 2.08. The van der Waals surface area contributed by atoms with Gasteiger partial charge in [-0.1, -0.05) is 17.3 Å². The van der Waals surface area contributed by atoms with E-state index in [0.29, 0.717) is 35.3 Å². The molecule has 2 heterocycles. The Morgan fingerprint density at radius 2 is 2.30 bits per heavy atom. The van der Waals surface area contributed by atoms with Crippen molar-refractivity contribution in [3.8, 4) is 0 Å². The third-order valence-electron chi connectivity index (χ3n) is 3.08. The minimum Gasteiger partial charge on any atom is -0.392 e. The van der Waals surface area contributed by atoms with Crippen molar-refractivity contribution in [3.63, 3.8) is 0 Å². The quantitative estimate of drug-likeness (QED) is 0.839. The Morgan fingerprint density at radius 1 is 1.45 bits per heavy atom. The van der Waals surface area contributed by atoms with Crippen molar-refractivity contribution in [2.75, 3.05) is 6.54 Å². The average Bonchev–Trinajstić information content (AvgIpc) is 3.06. The minimum atomic E-state index is -0.372. The van der Waals surface area contributed by atoms with Crippen LogP contribution in [0.25, 0.3) is 0 Å². The van der Waals surface area contributed by atoms with Gasteiger partial charge < -0.3 is 14.9 Å². The van der Waals surface area contributed by atoms with Gasteiger partial charge in [0, 0.05) is 11.4 Å². The smallest absolute Gasteiger partial charge is 0.243 e. The van der Waals surface area contributed by atoms with E-state index in [9.17, 15) is 9.50 Å². The molecule has 1 aromatic carbocycles. The Hall–Kier alpha value is -1.44. The first kappa shape index (κ1) is 13.5. The van der Waals surface area contributed by atoms with Gasteiger partial charge >= 0.3 is 0 Å². The SMILES string of the molecule is O[C@@H]1CN[C@H](c2nc(CSc3ccccc3F)no2)C1. The van der Waals surface area contributed by atoms with Crippen molar-refractivity contribution < 1.29 is 14.0 Å². The van der Waals surface area contributed by atoms with Gasteiger partial charge in [0.1, 0.15) is 5.82 Å². The topological polar surface area (TPSA) is 71.2 Å². The Bertz CT molecular complexity index is 593. The summed E-state index contributed by atoms with van der Waals surface area (Å²) in [5, 5.41) is 16.4. The van der Waals surface area contributed by atoms with E-state index >= 15 is 0 Å². The number of β-amino-alcohol motifs (C(OH)–C–C–N with tert-alkyl or cyclic N) is 1. The predicted molar refractivity (Wildman–Crippen MR) is 71.6 cm³/mol. The van der Waals surface area contributed by atoms with Crippen LogP contribution in [0, 0.1) is 5.82 Å². The maximum atomic E-state index is 13.5. The van der Waals surface area contributed by atoms with Crippen molar-refractivity contribution in [3.05, 3.63) is 41.8 Å². The zero-order chi connectivity index (χ0) is 13.9. The molecule has 1 aliphatic rings. The highest BCUT2D eigenvalue weighted by Gasteiger charge is 2.28. The molecule has 20 heavy (non-hydrogen) atoms. The van der Waals surface area contributed by atoms with Crippen LogP contribution in [0.15, 0.2) is 33.7 Å². The first-order chi connectivity index (χ1) is 9.72. The molecule has 1 aromatic heterocycles. The van der Waals surface area contributed by atoms with Crippen molar-refractivity contribution in [1.29, 1.82) is 0 Å². The van der Waals surface area contributed by atoms with Gasteiger partial charge in [0.05, 0.1) is 17.9 Å². The average molecular weight is 295 g/mol. The summed E-state index contributed by atoms with van der Waals surface area (Å²) >= 11 is 1.33. The molecule has 2 N–H and O–H groups in total. The summed E-state index contributed by atoms with van der Waals surface area (Å²) in [5.74, 6) is 1.20. The second-order valence-corrected chi connectivity index (χ2v) is 5.64. The van der Waals surface area contributed by atoms with Crippen LogP contribution in [0.3, 0.4) is 0 Å². The number of aliphatic hydroxyl groups excluding tert-OH is 1. The zero-order valence-corrected chi connectivity index (χ0v) is 11.4. The van der Waals surface area contributed by atoms with E-state index in [1.165, 1.54) is 17.8 Å². The summed E-state index contributed by atoms with van der Waals surface area (Å²) in [6, 6.07) is 6.49. The number of benzene rings is 1. The number of nitrogens with one attached hydrogen (secondary N) is 1. The fraction of sp³-hybridized carbons (Fsp3) is 0.385. The molecule has 0 spiro atoms. The molecule has 0 amide bonds. The van der Waals surface area contributed by atoms with E-state index in [4.69, 9.17) is 4.52 Å². The van der Waals surface area contributed by atoms with Crippen molar-refractivity contribution >= 4 is 11.8 Å². The molecule has 5 nitrogen and oxygen atoms in total. The molecule has 3 rings (SSSR count). The lowest BCUT2D eigenvalue weighted by atomic mass is 10.2. The van der Waals surface area contributed by atoms with Gasteiger partial charge in [-0.25, -0.2) is 4.39 Å². The Labute approximate surface area is 119 Å². The van der Waals surface area contributed by atoms with Crippen LogP contribution in [-0.4, -0.2) is 27.9 Å². The molecule has 2 aromatic rings. The number of halogens is 1. The number of thioether (sulfide) groups is 1. The Morgan fingerprint density at radius 3 is 3.05 bits per heavy atom. The van der Waals surface area contributed by atoms with Crippen LogP contribution < -0.4 is 5.32 Å². The number of aromatic nitrogens is 2. The van der Waals surface area contributed by atoms with Gasteiger partial charge in [-0.3, -0.25) is 0 Å². The van der Waals surface area contributed by atoms with Gasteiger partial charge in [0.2, 0.25) is 5.89 Å². The molecule has 0 bridgehead atoms. The summed E-state index contributed by atoms with van der Waals surface area (Å²) in [4.78, 5) is 4.84. The molecule has 1 saturated heterocycles. The standard InChI is InChI=1S/C13H14FN3O2S/c14-9-3-1-2-4-11(9)20-7-12-16-13(19-17-12)10-5-8(18)6-15-10/h1-4,8,10,15,18H,5-7H2/t8-,10-/m0/s1. The maximum Gasteiger partial charge on any atom is 0.243 e. The third-order valence-corrected chi connectivity index (χ3v) is 4.13. The first-order valence-corrected chi connectivity index (χ1v) is 7.32. The Balaban J connectivity index is 1.62. The lowest BCUT2D eigenvalue weighted by Gasteiger charge is -2.01. The summed E-state index contributed by atoms with van der Waals surface area (Å²) in [7, 11) is 0. The van der Waals surface area contributed by atoms with E-state index in [1.54, 1.807) is 18.2 Å². The number of nitrogens with zero attached hydrogens (tertiary/aromatic N) is 2. The summed E-state index contributed by atoms with van der Waals surface area (Å²) in [5.41, 5.74) is 0. The molecule has 1 aliphatic heterocycles. The van der Waals surface area contributed by atoms with Crippen molar-refractivity contribution in [2.45, 2.75) is 29.2 Å². The summed E-state index contributed by atoms with van der Waals surface area (Å²) in [6.45, 7) is 0.534. The van der Waals surface area contributed by atoms with E-state index in [-0.39, 0.29) is 18.0 Å². The number of hydrogen-bond donors (Lipinski definition) is 2. The first-order valence-electron chi connectivity index (χ1n) is 6.33. The molecule has 7 heteroatoms. The molecule has 106 valence electrons. The lowest BCUT2D eigenvalue weighted by Crippen LogP contribution is -2.15. The third kappa shape index (κ3) is 3.00. The largest absolute Gasteiger partial charge is 0.392 e. The molecule has 1 fully saturated rings. The molecule has 0 saturated carbocycles.